The van der Waals surface area contributed by atoms with Gasteiger partial charge in [0.2, 0.25) is 10.0 Å². The number of sulfonamides is 1. The molecule has 0 bridgehead atoms. The molecule has 1 aliphatic heterocycles. The van der Waals surface area contributed by atoms with E-state index in [0.29, 0.717) is 12.8 Å². The number of hydrogen-bond acceptors (Lipinski definition) is 6. The molecule has 21 heavy (non-hydrogen) atoms. The van der Waals surface area contributed by atoms with Crippen molar-refractivity contribution >= 4 is 25.8 Å². The Morgan fingerprint density at radius 1 is 1.05 bits per heavy atom. The maximum atomic E-state index is 12.4. The average molecular weight is 339 g/mol. The van der Waals surface area contributed by atoms with E-state index in [1.165, 1.54) is 0 Å². The highest BCUT2D eigenvalue weighted by molar-refractivity contribution is 7.93. The van der Waals surface area contributed by atoms with Crippen LogP contribution in [-0.2, 0) is 29.4 Å². The summed E-state index contributed by atoms with van der Waals surface area (Å²) in [6, 6.07) is 0. The predicted octanol–water partition coefficient (Wildman–Crippen LogP) is -0.0791. The summed E-state index contributed by atoms with van der Waals surface area (Å²) in [6.45, 7) is -0.0870. The molecule has 0 aromatic heterocycles. The van der Waals surface area contributed by atoms with E-state index >= 15 is 0 Å². The van der Waals surface area contributed by atoms with Crippen molar-refractivity contribution in [1.82, 2.24) is 4.31 Å². The maximum absolute atomic E-state index is 12.4. The first-order chi connectivity index (χ1) is 9.77. The minimum Gasteiger partial charge on any atom is -0.468 e. The fourth-order valence-corrected chi connectivity index (χ4v) is 6.71. The Kier molecular flexibility index (Phi) is 4.94. The van der Waals surface area contributed by atoms with Crippen LogP contribution in [0, 0.1) is 0 Å². The molecule has 0 aromatic carbocycles. The Bertz CT molecular complexity index is 585. The molecular weight excluding hydrogens is 318 g/mol. The fourth-order valence-electron chi connectivity index (χ4n) is 2.80. The van der Waals surface area contributed by atoms with Gasteiger partial charge in [0.25, 0.3) is 0 Å². The van der Waals surface area contributed by atoms with Crippen LogP contribution in [0.1, 0.15) is 32.1 Å². The lowest BCUT2D eigenvalue weighted by Crippen LogP contribution is -2.59. The number of sulfone groups is 1. The van der Waals surface area contributed by atoms with Gasteiger partial charge in [-0.1, -0.05) is 19.3 Å². The van der Waals surface area contributed by atoms with E-state index in [1.54, 1.807) is 0 Å². The smallest absolute Gasteiger partial charge is 0.322 e. The van der Waals surface area contributed by atoms with Crippen LogP contribution >= 0.6 is 0 Å². The first kappa shape index (κ1) is 16.7. The topological polar surface area (TPSA) is 97.8 Å². The zero-order valence-corrected chi connectivity index (χ0v) is 13.7. The summed E-state index contributed by atoms with van der Waals surface area (Å²) in [5.41, 5.74) is 0. The highest BCUT2D eigenvalue weighted by atomic mass is 32.2. The first-order valence-electron chi connectivity index (χ1n) is 7.04. The predicted molar refractivity (Wildman–Crippen MR) is 77.0 cm³/mol. The van der Waals surface area contributed by atoms with Crippen molar-refractivity contribution in [3.05, 3.63) is 0 Å². The molecule has 7 nitrogen and oxygen atoms in total. The van der Waals surface area contributed by atoms with Crippen LogP contribution in [0.3, 0.4) is 0 Å². The zero-order chi connectivity index (χ0) is 15.7. The number of rotatable bonds is 5. The summed E-state index contributed by atoms with van der Waals surface area (Å²) >= 11 is 0. The van der Waals surface area contributed by atoms with E-state index < -0.39 is 36.8 Å². The van der Waals surface area contributed by atoms with E-state index in [0.717, 1.165) is 30.7 Å². The molecule has 0 atom stereocenters. The van der Waals surface area contributed by atoms with E-state index in [9.17, 15) is 21.6 Å². The molecule has 9 heteroatoms. The summed E-state index contributed by atoms with van der Waals surface area (Å²) in [4.78, 5) is 11.1. The normalized spacial score (nSPS) is 22.7. The molecule has 1 heterocycles. The molecule has 2 rings (SSSR count). The highest BCUT2D eigenvalue weighted by Gasteiger charge is 2.46. The van der Waals surface area contributed by atoms with E-state index in [-0.39, 0.29) is 18.3 Å². The highest BCUT2D eigenvalue weighted by Crippen LogP contribution is 2.30. The van der Waals surface area contributed by atoms with E-state index in [1.807, 2.05) is 0 Å². The van der Waals surface area contributed by atoms with E-state index in [2.05, 4.69) is 4.74 Å². The molecule has 0 spiro atoms. The van der Waals surface area contributed by atoms with Crippen LogP contribution in [0.5, 0.6) is 0 Å². The number of hydrogen-bond donors (Lipinski definition) is 0. The largest absolute Gasteiger partial charge is 0.468 e. The third-order valence-corrected chi connectivity index (χ3v) is 8.53. The van der Waals surface area contributed by atoms with Gasteiger partial charge in [-0.05, 0) is 12.8 Å². The van der Waals surface area contributed by atoms with Crippen LogP contribution in [0.2, 0.25) is 0 Å². The summed E-state index contributed by atoms with van der Waals surface area (Å²) in [5, 5.41) is -0.963. The fraction of sp³-hybridized carbons (Fsp3) is 0.917. The Morgan fingerprint density at radius 3 is 2.14 bits per heavy atom. The second-order valence-corrected chi connectivity index (χ2v) is 10.1. The van der Waals surface area contributed by atoms with Gasteiger partial charge in [-0.15, -0.1) is 0 Å². The van der Waals surface area contributed by atoms with Crippen molar-refractivity contribution in [3.8, 4) is 0 Å². The van der Waals surface area contributed by atoms with Crippen LogP contribution in [-0.4, -0.2) is 63.6 Å². The van der Waals surface area contributed by atoms with Crippen molar-refractivity contribution in [3.63, 3.8) is 0 Å². The first-order valence-corrected chi connectivity index (χ1v) is 10.3. The lowest BCUT2D eigenvalue weighted by Gasteiger charge is -2.39. The van der Waals surface area contributed by atoms with Gasteiger partial charge in [0.05, 0.1) is 17.6 Å². The van der Waals surface area contributed by atoms with Crippen LogP contribution in [0.4, 0.5) is 0 Å². The van der Waals surface area contributed by atoms with Crippen molar-refractivity contribution in [2.75, 3.05) is 26.0 Å². The number of nitrogens with zero attached hydrogens (tertiary/aromatic N) is 1. The lowest BCUT2D eigenvalue weighted by molar-refractivity contribution is -0.137. The Labute approximate surface area is 125 Å². The SMILES string of the molecule is COC(=O)CS(=O)(=O)N1CC(S(=O)(=O)C2CCCCC2)C1. The van der Waals surface area contributed by atoms with E-state index in [4.69, 9.17) is 0 Å². The Balaban J connectivity index is 1.95. The molecule has 1 saturated carbocycles. The third-order valence-electron chi connectivity index (χ3n) is 4.22. The zero-order valence-electron chi connectivity index (χ0n) is 12.0. The Morgan fingerprint density at radius 2 is 1.62 bits per heavy atom. The minimum absolute atomic E-state index is 0.0435. The van der Waals surface area contributed by atoms with Gasteiger partial charge >= 0.3 is 5.97 Å². The number of carbonyl (C=O) groups excluding carboxylic acids is 1. The van der Waals surface area contributed by atoms with Gasteiger partial charge in [-0.25, -0.2) is 16.8 Å². The molecule has 0 N–H and O–H groups in total. The molecule has 0 unspecified atom stereocenters. The van der Waals surface area contributed by atoms with Crippen LogP contribution in [0.25, 0.3) is 0 Å². The second-order valence-electron chi connectivity index (χ2n) is 5.62. The van der Waals surface area contributed by atoms with Gasteiger partial charge in [0.15, 0.2) is 15.6 Å². The molecule has 0 amide bonds. The number of carbonyl (C=O) groups is 1. The number of esters is 1. The van der Waals surface area contributed by atoms with Crippen molar-refractivity contribution in [2.45, 2.75) is 42.6 Å². The molecule has 122 valence electrons. The molecule has 2 fully saturated rings. The lowest BCUT2D eigenvalue weighted by atomic mass is 10.0. The monoisotopic (exact) mass is 339 g/mol. The van der Waals surface area contributed by atoms with Crippen LogP contribution < -0.4 is 0 Å². The maximum Gasteiger partial charge on any atom is 0.322 e. The van der Waals surface area contributed by atoms with Crippen molar-refractivity contribution in [2.24, 2.45) is 0 Å². The molecule has 1 saturated heterocycles. The Hall–Kier alpha value is -0.670. The van der Waals surface area contributed by atoms with Gasteiger partial charge in [-0.2, -0.15) is 4.31 Å². The molecule has 1 aliphatic carbocycles. The summed E-state index contributed by atoms with van der Waals surface area (Å²) in [5.74, 6) is -1.58. The third kappa shape index (κ3) is 3.57. The molecule has 0 aromatic rings. The van der Waals surface area contributed by atoms with Gasteiger partial charge in [0.1, 0.15) is 0 Å². The quantitative estimate of drug-likeness (QED) is 0.650. The molecular formula is C12H21NO6S2. The summed E-state index contributed by atoms with van der Waals surface area (Å²) in [7, 11) is -5.92. The molecule has 2 aliphatic rings. The number of methoxy groups -OCH3 is 1. The summed E-state index contributed by atoms with van der Waals surface area (Å²) < 4.78 is 53.9. The van der Waals surface area contributed by atoms with Gasteiger partial charge < -0.3 is 4.74 Å². The standard InChI is InChI=1S/C12H21NO6S2/c1-19-12(14)9-20(15,16)13-7-11(8-13)21(17,18)10-5-3-2-4-6-10/h10-11H,2-9H2,1H3. The minimum atomic E-state index is -3.76. The van der Waals surface area contributed by atoms with Gasteiger partial charge in [-0.3, -0.25) is 4.79 Å². The van der Waals surface area contributed by atoms with Gasteiger partial charge in [0, 0.05) is 13.1 Å². The number of ether oxygens (including phenoxy) is 1. The molecule has 0 radical (unpaired) electrons. The van der Waals surface area contributed by atoms with Crippen LogP contribution in [0.15, 0.2) is 0 Å². The van der Waals surface area contributed by atoms with Crippen molar-refractivity contribution < 1.29 is 26.4 Å². The summed E-state index contributed by atoms with van der Waals surface area (Å²) in [6.07, 6.45) is 4.25. The average Bonchev–Trinajstić information content (AvgIpc) is 2.36. The van der Waals surface area contributed by atoms with Crippen molar-refractivity contribution in [1.29, 1.82) is 0 Å². The second kappa shape index (κ2) is 6.21.